The molecule has 0 radical (unpaired) electrons. The van der Waals surface area contributed by atoms with Crippen LogP contribution < -0.4 is 0 Å². The van der Waals surface area contributed by atoms with E-state index >= 15 is 0 Å². The number of ether oxygens (including phenoxy) is 2. The fraction of sp³-hybridized carbons (Fsp3) is 0.429. The van der Waals surface area contributed by atoms with Gasteiger partial charge in [-0.3, -0.25) is 9.59 Å². The molecule has 0 aliphatic rings. The smallest absolute Gasteiger partial charge is 0.395 e. The van der Waals surface area contributed by atoms with E-state index in [4.69, 9.17) is 5.11 Å². The van der Waals surface area contributed by atoms with Crippen molar-refractivity contribution in [3.05, 3.63) is 12.7 Å². The van der Waals surface area contributed by atoms with Crippen molar-refractivity contribution in [1.29, 1.82) is 0 Å². The Labute approximate surface area is 69.6 Å². The first-order chi connectivity index (χ1) is 5.39. The number of hydrogen-bond donors (Lipinski definition) is 1. The number of carbonyl (C=O) groups is 2. The summed E-state index contributed by atoms with van der Waals surface area (Å²) in [6.07, 6.45) is 0.801. The van der Waals surface area contributed by atoms with Crippen LogP contribution in [-0.2, 0) is 19.1 Å². The average Bonchev–Trinajstić information content (AvgIpc) is 1.83. The molecule has 0 rings (SSSR count). The summed E-state index contributed by atoms with van der Waals surface area (Å²) in [6, 6.07) is 0. The van der Waals surface area contributed by atoms with Crippen molar-refractivity contribution in [2.45, 2.75) is 19.8 Å². The highest BCUT2D eigenvalue weighted by Gasteiger charge is 2.30. The van der Waals surface area contributed by atoms with Gasteiger partial charge in [0, 0.05) is 19.9 Å². The average molecular weight is 174 g/mol. The van der Waals surface area contributed by atoms with Crippen molar-refractivity contribution >= 4 is 11.9 Å². The van der Waals surface area contributed by atoms with Gasteiger partial charge >= 0.3 is 17.9 Å². The van der Waals surface area contributed by atoms with E-state index in [1.807, 2.05) is 0 Å². The van der Waals surface area contributed by atoms with Gasteiger partial charge in [-0.15, -0.1) is 0 Å². The number of rotatable bonds is 3. The molecule has 0 saturated carbocycles. The molecule has 0 aromatic carbocycles. The maximum absolute atomic E-state index is 10.4. The Kier molecular flexibility index (Phi) is 3.43. The minimum atomic E-state index is -2.35. The second-order valence-electron chi connectivity index (χ2n) is 2.02. The fourth-order valence-corrected chi connectivity index (χ4v) is 0.516. The zero-order valence-electron chi connectivity index (χ0n) is 6.86. The highest BCUT2D eigenvalue weighted by atomic mass is 16.8. The molecule has 68 valence electrons. The topological polar surface area (TPSA) is 72.8 Å². The predicted octanol–water partition coefficient (Wildman–Crippen LogP) is -0.0553. The third-order valence-corrected chi connectivity index (χ3v) is 0.838. The van der Waals surface area contributed by atoms with Gasteiger partial charge in [0.2, 0.25) is 0 Å². The summed E-state index contributed by atoms with van der Waals surface area (Å²) < 4.78 is 8.51. The molecule has 0 atom stereocenters. The second kappa shape index (κ2) is 3.87. The van der Waals surface area contributed by atoms with E-state index in [0.717, 1.165) is 19.9 Å². The Balaban J connectivity index is 4.33. The Morgan fingerprint density at radius 1 is 1.33 bits per heavy atom. The molecule has 0 aliphatic heterocycles. The standard InChI is InChI=1S/C7H10O5/c1-4-7(10,11-5(2)8)12-6(3)9/h4,10H,1H2,2-3H3. The van der Waals surface area contributed by atoms with E-state index in [-0.39, 0.29) is 0 Å². The number of carbonyl (C=O) groups excluding carboxylic acids is 2. The second-order valence-corrected chi connectivity index (χ2v) is 2.02. The number of esters is 2. The molecule has 0 aromatic rings. The van der Waals surface area contributed by atoms with Crippen LogP contribution in [0.2, 0.25) is 0 Å². The van der Waals surface area contributed by atoms with Crippen molar-refractivity contribution in [1.82, 2.24) is 0 Å². The quantitative estimate of drug-likeness (QED) is 0.368. The molecule has 0 unspecified atom stereocenters. The molecule has 0 aliphatic carbocycles. The van der Waals surface area contributed by atoms with E-state index in [1.165, 1.54) is 0 Å². The third-order valence-electron chi connectivity index (χ3n) is 0.838. The summed E-state index contributed by atoms with van der Waals surface area (Å²) >= 11 is 0. The zero-order chi connectivity index (χ0) is 9.78. The highest BCUT2D eigenvalue weighted by molar-refractivity contribution is 5.68. The van der Waals surface area contributed by atoms with Crippen molar-refractivity contribution in [3.8, 4) is 0 Å². The van der Waals surface area contributed by atoms with Crippen molar-refractivity contribution < 1.29 is 24.2 Å². The summed E-state index contributed by atoms with van der Waals surface area (Å²) in [5.74, 6) is -3.91. The van der Waals surface area contributed by atoms with E-state index in [2.05, 4.69) is 16.1 Å². The SMILES string of the molecule is C=CC(O)(OC(C)=O)OC(C)=O. The molecule has 0 amide bonds. The summed E-state index contributed by atoms with van der Waals surface area (Å²) in [5, 5.41) is 9.16. The molecule has 0 aromatic heterocycles. The summed E-state index contributed by atoms with van der Waals surface area (Å²) in [5.41, 5.74) is 0. The van der Waals surface area contributed by atoms with Gasteiger partial charge in [0.25, 0.3) is 0 Å². The van der Waals surface area contributed by atoms with Gasteiger partial charge in [0.05, 0.1) is 0 Å². The molecule has 0 bridgehead atoms. The van der Waals surface area contributed by atoms with Gasteiger partial charge in [-0.05, 0) is 0 Å². The summed E-state index contributed by atoms with van der Waals surface area (Å²) in [4.78, 5) is 20.8. The normalized spacial score (nSPS) is 10.2. The minimum Gasteiger partial charge on any atom is -0.395 e. The molecular formula is C7H10O5. The molecule has 0 spiro atoms. The number of aliphatic hydroxyl groups is 1. The molecule has 5 heteroatoms. The van der Waals surface area contributed by atoms with Crippen LogP contribution in [0.4, 0.5) is 0 Å². The first kappa shape index (κ1) is 10.6. The molecular weight excluding hydrogens is 164 g/mol. The van der Waals surface area contributed by atoms with Crippen LogP contribution in [0.5, 0.6) is 0 Å². The van der Waals surface area contributed by atoms with E-state index in [1.54, 1.807) is 0 Å². The van der Waals surface area contributed by atoms with Crippen LogP contribution in [0.1, 0.15) is 13.8 Å². The lowest BCUT2D eigenvalue weighted by Gasteiger charge is -2.21. The van der Waals surface area contributed by atoms with Crippen molar-refractivity contribution in [2.75, 3.05) is 0 Å². The Morgan fingerprint density at radius 3 is 1.83 bits per heavy atom. The Morgan fingerprint density at radius 2 is 1.67 bits per heavy atom. The Bertz CT molecular complexity index is 192. The fourth-order valence-electron chi connectivity index (χ4n) is 0.516. The minimum absolute atomic E-state index is 0.779. The first-order valence-corrected chi connectivity index (χ1v) is 3.15. The molecule has 0 heterocycles. The van der Waals surface area contributed by atoms with Gasteiger partial charge < -0.3 is 14.6 Å². The van der Waals surface area contributed by atoms with Crippen LogP contribution in [0.15, 0.2) is 12.7 Å². The van der Waals surface area contributed by atoms with Crippen LogP contribution in [0.25, 0.3) is 0 Å². The van der Waals surface area contributed by atoms with Gasteiger partial charge in [-0.2, -0.15) is 0 Å². The first-order valence-electron chi connectivity index (χ1n) is 3.15. The van der Waals surface area contributed by atoms with Gasteiger partial charge in [0.15, 0.2) is 0 Å². The van der Waals surface area contributed by atoms with Gasteiger partial charge in [-0.1, -0.05) is 6.58 Å². The summed E-state index contributed by atoms with van der Waals surface area (Å²) in [6.45, 7) is 5.27. The van der Waals surface area contributed by atoms with E-state index in [9.17, 15) is 9.59 Å². The predicted molar refractivity (Wildman–Crippen MR) is 38.7 cm³/mol. The van der Waals surface area contributed by atoms with E-state index < -0.39 is 17.9 Å². The largest absolute Gasteiger partial charge is 0.395 e. The molecule has 5 nitrogen and oxygen atoms in total. The van der Waals surface area contributed by atoms with Crippen LogP contribution in [-0.4, -0.2) is 23.0 Å². The zero-order valence-corrected chi connectivity index (χ0v) is 6.86. The molecule has 1 N–H and O–H groups in total. The van der Waals surface area contributed by atoms with Crippen LogP contribution in [0.3, 0.4) is 0 Å². The van der Waals surface area contributed by atoms with Crippen molar-refractivity contribution in [3.63, 3.8) is 0 Å². The molecule has 0 fully saturated rings. The Hall–Kier alpha value is -1.36. The van der Waals surface area contributed by atoms with Crippen LogP contribution >= 0.6 is 0 Å². The van der Waals surface area contributed by atoms with Crippen molar-refractivity contribution in [2.24, 2.45) is 0 Å². The lowest BCUT2D eigenvalue weighted by molar-refractivity contribution is -0.293. The highest BCUT2D eigenvalue weighted by Crippen LogP contribution is 2.10. The lowest BCUT2D eigenvalue weighted by atomic mass is 10.5. The monoisotopic (exact) mass is 174 g/mol. The molecule has 12 heavy (non-hydrogen) atoms. The maximum atomic E-state index is 10.4. The molecule has 0 saturated heterocycles. The number of hydrogen-bond acceptors (Lipinski definition) is 5. The van der Waals surface area contributed by atoms with Gasteiger partial charge in [-0.25, -0.2) is 0 Å². The van der Waals surface area contributed by atoms with Gasteiger partial charge in [0.1, 0.15) is 0 Å². The maximum Gasteiger partial charge on any atom is 0.395 e. The van der Waals surface area contributed by atoms with E-state index in [0.29, 0.717) is 0 Å². The summed E-state index contributed by atoms with van der Waals surface area (Å²) in [7, 11) is 0. The third kappa shape index (κ3) is 3.72. The lowest BCUT2D eigenvalue weighted by Crippen LogP contribution is -2.36. The van der Waals surface area contributed by atoms with Crippen LogP contribution in [0, 0.1) is 0 Å².